The first-order valence-corrected chi connectivity index (χ1v) is 13.4. The van der Waals surface area contributed by atoms with Crippen LogP contribution in [0.15, 0.2) is 48.5 Å². The van der Waals surface area contributed by atoms with Gasteiger partial charge in [0.05, 0.1) is 0 Å². The van der Waals surface area contributed by atoms with Gasteiger partial charge in [-0.2, -0.15) is 0 Å². The highest BCUT2D eigenvalue weighted by Gasteiger charge is 2.59. The number of rotatable bonds is 6. The quantitative estimate of drug-likeness (QED) is 0.438. The molecule has 0 saturated carbocycles. The van der Waals surface area contributed by atoms with Gasteiger partial charge in [-0.1, -0.05) is 90.1 Å². The Morgan fingerprint density at radius 2 is 0.839 bits per heavy atom. The first kappa shape index (κ1) is 26.0. The van der Waals surface area contributed by atoms with E-state index in [0.29, 0.717) is 11.1 Å². The molecule has 0 spiro atoms. The summed E-state index contributed by atoms with van der Waals surface area (Å²) in [6, 6.07) is 14.1. The molecule has 0 amide bonds. The molecular formula is C23H34O6P2. The second-order valence-corrected chi connectivity index (χ2v) is 14.6. The van der Waals surface area contributed by atoms with E-state index in [-0.39, 0.29) is 10.8 Å². The summed E-state index contributed by atoms with van der Waals surface area (Å²) in [5.74, 6) is 0. The Labute approximate surface area is 185 Å². The fourth-order valence-corrected chi connectivity index (χ4v) is 6.45. The Bertz CT molecular complexity index is 903. The van der Waals surface area contributed by atoms with Crippen molar-refractivity contribution in [2.24, 2.45) is 0 Å². The van der Waals surface area contributed by atoms with Gasteiger partial charge in [-0.05, 0) is 33.1 Å². The molecule has 0 aromatic heterocycles. The van der Waals surface area contributed by atoms with Crippen molar-refractivity contribution in [1.82, 2.24) is 0 Å². The third-order valence-electron chi connectivity index (χ3n) is 5.70. The van der Waals surface area contributed by atoms with Gasteiger partial charge in [0, 0.05) is 12.8 Å². The predicted molar refractivity (Wildman–Crippen MR) is 125 cm³/mol. The van der Waals surface area contributed by atoms with Crippen LogP contribution in [0, 0.1) is 0 Å². The minimum absolute atomic E-state index is 0.114. The average molecular weight is 468 g/mol. The van der Waals surface area contributed by atoms with Crippen LogP contribution in [0.4, 0.5) is 0 Å². The molecule has 2 aromatic rings. The van der Waals surface area contributed by atoms with Crippen LogP contribution < -0.4 is 0 Å². The zero-order valence-electron chi connectivity index (χ0n) is 19.0. The summed E-state index contributed by atoms with van der Waals surface area (Å²) in [5.41, 5.74) is 2.74. The Kier molecular flexibility index (Phi) is 7.20. The highest BCUT2D eigenvalue weighted by molar-refractivity contribution is 7.72. The molecule has 0 heterocycles. The lowest BCUT2D eigenvalue weighted by molar-refractivity contribution is 0.304. The van der Waals surface area contributed by atoms with E-state index >= 15 is 0 Å². The van der Waals surface area contributed by atoms with E-state index in [9.17, 15) is 28.7 Å². The lowest BCUT2D eigenvalue weighted by Gasteiger charge is -2.35. The highest BCUT2D eigenvalue weighted by Crippen LogP contribution is 2.71. The second-order valence-electron chi connectivity index (χ2n) is 10.3. The van der Waals surface area contributed by atoms with Gasteiger partial charge in [0.2, 0.25) is 0 Å². The summed E-state index contributed by atoms with van der Waals surface area (Å²) < 4.78 is 25.1. The van der Waals surface area contributed by atoms with Crippen molar-refractivity contribution >= 4 is 15.2 Å². The lowest BCUT2D eigenvalue weighted by atomic mass is 9.86. The van der Waals surface area contributed by atoms with Crippen molar-refractivity contribution in [2.45, 2.75) is 70.1 Å². The van der Waals surface area contributed by atoms with Crippen LogP contribution in [0.3, 0.4) is 0 Å². The molecule has 0 aliphatic carbocycles. The van der Waals surface area contributed by atoms with E-state index in [1.807, 2.05) is 65.8 Å². The summed E-state index contributed by atoms with van der Waals surface area (Å²) in [7, 11) is -10.4. The van der Waals surface area contributed by atoms with Crippen LogP contribution in [-0.2, 0) is 32.8 Å². The standard InChI is InChI=1S/C23H34O6P2/c1-21(2,3)19-11-7-17(8-12-19)15-23(30(24,25)26,31(27,28)29)16-18-9-13-20(14-10-18)22(4,5)6/h7-14H,15-16H2,1-6H3,(H2,24,25,26)(H2,27,28,29). The molecule has 0 radical (unpaired) electrons. The summed E-state index contributed by atoms with van der Waals surface area (Å²) in [6.07, 6.45) is -0.875. The van der Waals surface area contributed by atoms with Crippen molar-refractivity contribution < 1.29 is 28.7 Å². The molecular weight excluding hydrogens is 434 g/mol. The SMILES string of the molecule is CC(C)(C)c1ccc(CC(Cc2ccc(C(C)(C)C)cc2)(P(=O)(O)O)P(=O)(O)O)cc1. The van der Waals surface area contributed by atoms with Gasteiger partial charge in [0.25, 0.3) is 0 Å². The number of hydrogen-bond donors (Lipinski definition) is 4. The van der Waals surface area contributed by atoms with E-state index in [1.165, 1.54) is 0 Å². The Morgan fingerprint density at radius 1 is 0.581 bits per heavy atom. The van der Waals surface area contributed by atoms with Gasteiger partial charge in [-0.15, -0.1) is 0 Å². The molecule has 0 bridgehead atoms. The van der Waals surface area contributed by atoms with E-state index in [4.69, 9.17) is 0 Å². The normalized spacial score (nSPS) is 14.0. The molecule has 2 rings (SSSR count). The summed E-state index contributed by atoms with van der Waals surface area (Å²) in [4.78, 5) is 38.2. The lowest BCUT2D eigenvalue weighted by Crippen LogP contribution is -2.34. The van der Waals surface area contributed by atoms with Crippen molar-refractivity contribution in [3.8, 4) is 0 Å². The van der Waals surface area contributed by atoms with Gasteiger partial charge < -0.3 is 19.6 Å². The maximum Gasteiger partial charge on any atom is 0.344 e. The maximum absolute atomic E-state index is 12.6. The topological polar surface area (TPSA) is 115 Å². The monoisotopic (exact) mass is 468 g/mol. The molecule has 4 N–H and O–H groups in total. The number of hydrogen-bond acceptors (Lipinski definition) is 2. The van der Waals surface area contributed by atoms with Crippen LogP contribution in [0.25, 0.3) is 0 Å². The molecule has 0 unspecified atom stereocenters. The predicted octanol–water partition coefficient (Wildman–Crippen LogP) is 5.12. The molecule has 0 fully saturated rings. The van der Waals surface area contributed by atoms with Crippen LogP contribution >= 0.6 is 15.2 Å². The molecule has 31 heavy (non-hydrogen) atoms. The van der Waals surface area contributed by atoms with E-state index < -0.39 is 32.9 Å². The van der Waals surface area contributed by atoms with Gasteiger partial charge in [0.1, 0.15) is 0 Å². The number of benzene rings is 2. The fourth-order valence-electron chi connectivity index (χ4n) is 3.54. The largest absolute Gasteiger partial charge is 0.344 e. The first-order chi connectivity index (χ1) is 13.9. The summed E-state index contributed by atoms with van der Waals surface area (Å²) in [6.45, 7) is 12.2. The van der Waals surface area contributed by atoms with Gasteiger partial charge in [-0.3, -0.25) is 9.13 Å². The zero-order valence-corrected chi connectivity index (χ0v) is 20.8. The molecule has 6 nitrogen and oxygen atoms in total. The van der Waals surface area contributed by atoms with E-state index in [2.05, 4.69) is 0 Å². The summed E-state index contributed by atoms with van der Waals surface area (Å²) >= 11 is 0. The smallest absolute Gasteiger partial charge is 0.324 e. The van der Waals surface area contributed by atoms with Crippen LogP contribution in [0.5, 0.6) is 0 Å². The van der Waals surface area contributed by atoms with Crippen molar-refractivity contribution in [2.75, 3.05) is 0 Å². The molecule has 8 heteroatoms. The minimum atomic E-state index is -5.21. The highest BCUT2D eigenvalue weighted by atomic mass is 31.2. The van der Waals surface area contributed by atoms with Crippen molar-refractivity contribution in [1.29, 1.82) is 0 Å². The molecule has 0 aliphatic rings. The molecule has 172 valence electrons. The Hall–Kier alpha value is -1.26. The summed E-state index contributed by atoms with van der Waals surface area (Å²) in [5, 5.41) is 0. The zero-order chi connectivity index (χ0) is 23.9. The van der Waals surface area contributed by atoms with E-state index in [1.54, 1.807) is 24.3 Å². The average Bonchev–Trinajstić information content (AvgIpc) is 2.58. The molecule has 0 atom stereocenters. The maximum atomic E-state index is 12.6. The third-order valence-corrected chi connectivity index (χ3v) is 10.1. The van der Waals surface area contributed by atoms with Gasteiger partial charge in [-0.25, -0.2) is 0 Å². The van der Waals surface area contributed by atoms with Gasteiger partial charge in [0.15, 0.2) is 4.90 Å². The first-order valence-electron chi connectivity index (χ1n) is 10.2. The van der Waals surface area contributed by atoms with Crippen molar-refractivity contribution in [3.63, 3.8) is 0 Å². The minimum Gasteiger partial charge on any atom is -0.324 e. The van der Waals surface area contributed by atoms with Crippen molar-refractivity contribution in [3.05, 3.63) is 70.8 Å². The molecule has 0 saturated heterocycles. The Balaban J connectivity index is 2.52. The third kappa shape index (κ3) is 5.96. The van der Waals surface area contributed by atoms with E-state index in [0.717, 1.165) is 11.1 Å². The second kappa shape index (κ2) is 8.59. The fraction of sp³-hybridized carbons (Fsp3) is 0.478. The Morgan fingerprint density at radius 3 is 1.03 bits per heavy atom. The van der Waals surface area contributed by atoms with Crippen LogP contribution in [0.2, 0.25) is 0 Å². The van der Waals surface area contributed by atoms with Crippen LogP contribution in [0.1, 0.15) is 63.8 Å². The molecule has 0 aliphatic heterocycles. The van der Waals surface area contributed by atoms with Crippen LogP contribution in [-0.4, -0.2) is 24.5 Å². The molecule has 2 aromatic carbocycles. The van der Waals surface area contributed by atoms with Gasteiger partial charge >= 0.3 is 15.2 Å².